The van der Waals surface area contributed by atoms with Crippen LogP contribution in [0.2, 0.25) is 0 Å². The van der Waals surface area contributed by atoms with Gasteiger partial charge in [0.2, 0.25) is 0 Å². The van der Waals surface area contributed by atoms with Crippen molar-refractivity contribution in [1.82, 2.24) is 14.5 Å². The summed E-state index contributed by atoms with van der Waals surface area (Å²) in [5, 5.41) is -0.259. The lowest BCUT2D eigenvalue weighted by Crippen LogP contribution is -2.11. The quantitative estimate of drug-likeness (QED) is 0.605. The number of hydrogen-bond acceptors (Lipinski definition) is 4. The lowest BCUT2D eigenvalue weighted by Gasteiger charge is -2.09. The zero-order valence-corrected chi connectivity index (χ0v) is 13.6. The molecule has 2 aromatic heterocycles. The van der Waals surface area contributed by atoms with Crippen LogP contribution in [0.25, 0.3) is 11.2 Å². The number of aryl methyl sites for hydroxylation is 1. The van der Waals surface area contributed by atoms with Gasteiger partial charge in [0.15, 0.2) is 5.65 Å². The second-order valence-electron chi connectivity index (χ2n) is 4.29. The van der Waals surface area contributed by atoms with Crippen LogP contribution < -0.4 is 0 Å². The van der Waals surface area contributed by atoms with Gasteiger partial charge in [-0.3, -0.25) is 4.79 Å². The third kappa shape index (κ3) is 3.30. The molecule has 2 heterocycles. The van der Waals surface area contributed by atoms with Gasteiger partial charge in [0.05, 0.1) is 18.4 Å². The molecule has 2 rings (SSSR count). The smallest absolute Gasteiger partial charge is 0.307 e. The van der Waals surface area contributed by atoms with Gasteiger partial charge in [-0.1, -0.05) is 0 Å². The van der Waals surface area contributed by atoms with Gasteiger partial charge < -0.3 is 9.30 Å². The van der Waals surface area contributed by atoms with Crippen LogP contribution in [0.3, 0.4) is 0 Å². The summed E-state index contributed by atoms with van der Waals surface area (Å²) in [6.45, 7) is 4.47. The third-order valence-electron chi connectivity index (χ3n) is 2.78. The number of nitrogens with zero attached hydrogens (tertiary/aromatic N) is 3. The summed E-state index contributed by atoms with van der Waals surface area (Å²) >= 11 is 9.52. The number of hydrogen-bond donors (Lipinski definition) is 0. The van der Waals surface area contributed by atoms with Crippen molar-refractivity contribution in [3.63, 3.8) is 0 Å². The Hall–Kier alpha value is -1.14. The minimum Gasteiger partial charge on any atom is -0.466 e. The maximum absolute atomic E-state index is 11.5. The highest BCUT2D eigenvalue weighted by atomic mass is 79.9. The number of carbonyl (C=O) groups excluding carboxylic acids is 1. The van der Waals surface area contributed by atoms with E-state index in [1.54, 1.807) is 13.1 Å². The molecule has 0 aliphatic carbocycles. The molecule has 0 radical (unpaired) electrons. The highest BCUT2D eigenvalue weighted by Crippen LogP contribution is 2.25. The number of esters is 1. The number of carbonyl (C=O) groups is 1. The van der Waals surface area contributed by atoms with Gasteiger partial charge in [-0.05, 0) is 35.8 Å². The van der Waals surface area contributed by atoms with Gasteiger partial charge in [0.1, 0.15) is 11.3 Å². The van der Waals surface area contributed by atoms with E-state index < -0.39 is 0 Å². The minimum absolute atomic E-state index is 0.236. The SMILES string of the molecule is CCOC(=O)CCn1c(C(C)Cl)nc2cc(Br)cnc21. The fourth-order valence-electron chi connectivity index (χ4n) is 1.96. The Kier molecular flexibility index (Phi) is 4.99. The van der Waals surface area contributed by atoms with Gasteiger partial charge in [-0.2, -0.15) is 0 Å². The average Bonchev–Trinajstić information content (AvgIpc) is 2.74. The molecule has 1 unspecified atom stereocenters. The number of alkyl halides is 1. The number of aromatic nitrogens is 3. The van der Waals surface area contributed by atoms with Crippen molar-refractivity contribution in [2.75, 3.05) is 6.61 Å². The predicted octanol–water partition coefficient (Wildman–Crippen LogP) is 3.45. The third-order valence-corrected chi connectivity index (χ3v) is 3.41. The van der Waals surface area contributed by atoms with Crippen LogP contribution in [0.15, 0.2) is 16.7 Å². The van der Waals surface area contributed by atoms with Crippen molar-refractivity contribution < 1.29 is 9.53 Å². The van der Waals surface area contributed by atoms with Crippen molar-refractivity contribution in [1.29, 1.82) is 0 Å². The van der Waals surface area contributed by atoms with E-state index in [0.29, 0.717) is 19.0 Å². The molecule has 2 aromatic rings. The van der Waals surface area contributed by atoms with Gasteiger partial charge in [-0.15, -0.1) is 11.6 Å². The fraction of sp³-hybridized carbons (Fsp3) is 0.462. The Labute approximate surface area is 130 Å². The number of ether oxygens (including phenoxy) is 1. The lowest BCUT2D eigenvalue weighted by molar-refractivity contribution is -0.143. The van der Waals surface area contributed by atoms with Gasteiger partial charge in [0.25, 0.3) is 0 Å². The molecule has 20 heavy (non-hydrogen) atoms. The maximum atomic E-state index is 11.5. The summed E-state index contributed by atoms with van der Waals surface area (Å²) in [6, 6.07) is 1.88. The lowest BCUT2D eigenvalue weighted by atomic mass is 10.4. The first kappa shape index (κ1) is 15.3. The topological polar surface area (TPSA) is 57.0 Å². The summed E-state index contributed by atoms with van der Waals surface area (Å²) in [5.74, 6) is 0.469. The van der Waals surface area contributed by atoms with Gasteiger partial charge in [0, 0.05) is 17.2 Å². The van der Waals surface area contributed by atoms with E-state index in [1.165, 1.54) is 0 Å². The highest BCUT2D eigenvalue weighted by Gasteiger charge is 2.17. The zero-order valence-electron chi connectivity index (χ0n) is 11.3. The fourth-order valence-corrected chi connectivity index (χ4v) is 2.45. The van der Waals surface area contributed by atoms with Crippen LogP contribution in [0.1, 0.15) is 31.5 Å². The molecule has 0 saturated heterocycles. The van der Waals surface area contributed by atoms with Crippen LogP contribution >= 0.6 is 27.5 Å². The Bertz CT molecular complexity index is 627. The first-order valence-electron chi connectivity index (χ1n) is 6.34. The van der Waals surface area contributed by atoms with E-state index in [4.69, 9.17) is 16.3 Å². The van der Waals surface area contributed by atoms with Crippen LogP contribution in [0.5, 0.6) is 0 Å². The predicted molar refractivity (Wildman–Crippen MR) is 80.7 cm³/mol. The molecule has 7 heteroatoms. The van der Waals surface area contributed by atoms with Gasteiger partial charge in [-0.25, -0.2) is 9.97 Å². The molecule has 0 amide bonds. The molecule has 0 spiro atoms. The molecule has 5 nitrogen and oxygen atoms in total. The summed E-state index contributed by atoms with van der Waals surface area (Å²) in [6.07, 6.45) is 1.97. The minimum atomic E-state index is -0.259. The Morgan fingerprint density at radius 2 is 2.35 bits per heavy atom. The second kappa shape index (κ2) is 6.54. The van der Waals surface area contributed by atoms with Crippen molar-refractivity contribution in [2.24, 2.45) is 0 Å². The number of fused-ring (bicyclic) bond motifs is 1. The van der Waals surface area contributed by atoms with Crippen LogP contribution in [-0.4, -0.2) is 27.1 Å². The van der Waals surface area contributed by atoms with Gasteiger partial charge >= 0.3 is 5.97 Å². The maximum Gasteiger partial charge on any atom is 0.307 e. The zero-order chi connectivity index (χ0) is 14.7. The molecule has 108 valence electrons. The first-order chi connectivity index (χ1) is 9.52. The summed E-state index contributed by atoms with van der Waals surface area (Å²) in [7, 11) is 0. The summed E-state index contributed by atoms with van der Waals surface area (Å²) in [5.41, 5.74) is 1.48. The van der Waals surface area contributed by atoms with E-state index in [1.807, 2.05) is 17.6 Å². The molecular weight excluding hydrogens is 346 g/mol. The number of imidazole rings is 1. The Balaban J connectivity index is 2.34. The molecule has 0 N–H and O–H groups in total. The highest BCUT2D eigenvalue weighted by molar-refractivity contribution is 9.10. The molecular formula is C13H15BrClN3O2. The largest absolute Gasteiger partial charge is 0.466 e. The molecule has 0 aliphatic heterocycles. The van der Waals surface area contributed by atoms with E-state index in [-0.39, 0.29) is 17.8 Å². The number of pyridine rings is 1. The standard InChI is InChI=1S/C13H15BrClN3O2/c1-3-20-11(19)4-5-18-12(8(2)15)17-10-6-9(14)7-16-13(10)18/h6-8H,3-5H2,1-2H3. The van der Waals surface area contributed by atoms with E-state index in [2.05, 4.69) is 25.9 Å². The van der Waals surface area contributed by atoms with E-state index in [0.717, 1.165) is 15.6 Å². The Morgan fingerprint density at radius 1 is 1.60 bits per heavy atom. The van der Waals surface area contributed by atoms with Crippen molar-refractivity contribution in [3.05, 3.63) is 22.6 Å². The molecule has 1 atom stereocenters. The molecule has 0 saturated carbocycles. The summed E-state index contributed by atoms with van der Waals surface area (Å²) in [4.78, 5) is 20.3. The number of halogens is 2. The molecule has 0 fully saturated rings. The van der Waals surface area contributed by atoms with Crippen molar-refractivity contribution in [2.45, 2.75) is 32.2 Å². The summed E-state index contributed by atoms with van der Waals surface area (Å²) < 4.78 is 7.66. The Morgan fingerprint density at radius 3 is 3.00 bits per heavy atom. The molecule has 0 aromatic carbocycles. The molecule has 0 aliphatic rings. The number of rotatable bonds is 5. The molecule has 0 bridgehead atoms. The van der Waals surface area contributed by atoms with E-state index >= 15 is 0 Å². The average molecular weight is 361 g/mol. The normalized spacial score (nSPS) is 12.6. The van der Waals surface area contributed by atoms with Crippen molar-refractivity contribution in [3.8, 4) is 0 Å². The van der Waals surface area contributed by atoms with Crippen LogP contribution in [-0.2, 0) is 16.1 Å². The monoisotopic (exact) mass is 359 g/mol. The van der Waals surface area contributed by atoms with Crippen molar-refractivity contribution >= 4 is 44.7 Å². The van der Waals surface area contributed by atoms with E-state index in [9.17, 15) is 4.79 Å². The second-order valence-corrected chi connectivity index (χ2v) is 5.86. The first-order valence-corrected chi connectivity index (χ1v) is 7.57. The van der Waals surface area contributed by atoms with Crippen LogP contribution in [0.4, 0.5) is 0 Å². The van der Waals surface area contributed by atoms with Crippen LogP contribution in [0, 0.1) is 0 Å².